The van der Waals surface area contributed by atoms with Crippen LogP contribution in [0.25, 0.3) is 6.08 Å². The highest BCUT2D eigenvalue weighted by atomic mass is 19.4. The van der Waals surface area contributed by atoms with E-state index in [0.29, 0.717) is 34.0 Å². The minimum absolute atomic E-state index is 0.00762. The summed E-state index contributed by atoms with van der Waals surface area (Å²) in [6.07, 6.45) is -1.92. The van der Waals surface area contributed by atoms with Crippen molar-refractivity contribution in [2.24, 2.45) is 0 Å². The molecule has 7 nitrogen and oxygen atoms in total. The molecule has 3 aromatic carbocycles. The maximum absolute atomic E-state index is 12.4. The van der Waals surface area contributed by atoms with Crippen molar-refractivity contribution in [2.45, 2.75) is 32.0 Å². The van der Waals surface area contributed by atoms with Gasteiger partial charge in [0.15, 0.2) is 0 Å². The average molecular weight is 529 g/mol. The lowest BCUT2D eigenvalue weighted by atomic mass is 10.2. The lowest BCUT2D eigenvalue weighted by Gasteiger charge is -2.09. The van der Waals surface area contributed by atoms with E-state index in [1.54, 1.807) is 60.7 Å². The van der Waals surface area contributed by atoms with Crippen molar-refractivity contribution < 1.29 is 37.0 Å². The highest BCUT2D eigenvalue weighted by Gasteiger charge is 2.25. The number of hydrogen-bond donors (Lipinski definition) is 2. The van der Waals surface area contributed by atoms with Crippen LogP contribution in [0.2, 0.25) is 0 Å². The minimum atomic E-state index is -4.17. The van der Waals surface area contributed by atoms with E-state index in [-0.39, 0.29) is 31.6 Å². The second kappa shape index (κ2) is 13.2. The number of halogens is 3. The fourth-order valence-electron chi connectivity index (χ4n) is 3.23. The van der Waals surface area contributed by atoms with Crippen molar-refractivity contribution in [1.29, 1.82) is 0 Å². The molecule has 0 fully saturated rings. The quantitative estimate of drug-likeness (QED) is 0.104. The summed E-state index contributed by atoms with van der Waals surface area (Å²) < 4.78 is 52.4. The van der Waals surface area contributed by atoms with Crippen LogP contribution in [0.15, 0.2) is 72.8 Å². The van der Waals surface area contributed by atoms with Crippen LogP contribution in [0.1, 0.15) is 40.7 Å². The number of carbonyl (C=O) groups excluding carboxylic acids is 2. The fraction of sp³-hybridized carbons (Fsp3) is 0.214. The second-order valence-corrected chi connectivity index (χ2v) is 8.30. The smallest absolute Gasteiger partial charge is 0.389 e. The van der Waals surface area contributed by atoms with Crippen LogP contribution in [0.3, 0.4) is 0 Å². The molecule has 0 spiro atoms. The topological polar surface area (TPSA) is 114 Å². The predicted octanol–water partition coefficient (Wildman–Crippen LogP) is 5.94. The number of unbranched alkanes of at least 4 members (excludes halogenated alkanes) is 1. The number of alkyl halides is 3. The summed E-state index contributed by atoms with van der Waals surface area (Å²) in [4.78, 5) is 24.4. The first-order valence-electron chi connectivity index (χ1n) is 11.7. The molecule has 0 saturated carbocycles. The van der Waals surface area contributed by atoms with Crippen LogP contribution < -0.4 is 20.9 Å². The number of anilines is 2. The summed E-state index contributed by atoms with van der Waals surface area (Å²) in [7, 11) is 0. The Morgan fingerprint density at radius 1 is 0.868 bits per heavy atom. The summed E-state index contributed by atoms with van der Waals surface area (Å²) in [5.41, 5.74) is 14.1. The van der Waals surface area contributed by atoms with Crippen molar-refractivity contribution in [2.75, 3.05) is 18.1 Å². The number of nitrogen functional groups attached to an aromatic ring is 2. The number of benzene rings is 3. The van der Waals surface area contributed by atoms with Crippen LogP contribution in [0, 0.1) is 0 Å². The van der Waals surface area contributed by atoms with Crippen LogP contribution >= 0.6 is 0 Å². The van der Waals surface area contributed by atoms with E-state index in [2.05, 4.69) is 0 Å². The van der Waals surface area contributed by atoms with Crippen molar-refractivity contribution in [3.63, 3.8) is 0 Å². The van der Waals surface area contributed by atoms with Crippen molar-refractivity contribution in [1.82, 2.24) is 0 Å². The molecule has 0 aromatic heterocycles. The van der Waals surface area contributed by atoms with E-state index < -0.39 is 24.5 Å². The first-order valence-corrected chi connectivity index (χ1v) is 11.7. The lowest BCUT2D eigenvalue weighted by molar-refractivity contribution is -0.139. The first-order chi connectivity index (χ1) is 18.1. The van der Waals surface area contributed by atoms with Gasteiger partial charge in [-0.05, 0) is 79.1 Å². The van der Waals surface area contributed by atoms with Gasteiger partial charge in [-0.1, -0.05) is 12.1 Å². The zero-order valence-electron chi connectivity index (χ0n) is 20.4. The molecule has 0 aliphatic carbocycles. The van der Waals surface area contributed by atoms with Crippen LogP contribution in [0.5, 0.6) is 11.5 Å². The number of esters is 2. The number of ether oxygens (including phenoxy) is 3. The van der Waals surface area contributed by atoms with Gasteiger partial charge in [0.1, 0.15) is 18.1 Å². The Morgan fingerprint density at radius 2 is 1.55 bits per heavy atom. The number of carbonyl (C=O) groups is 2. The third-order valence-electron chi connectivity index (χ3n) is 5.25. The van der Waals surface area contributed by atoms with Crippen molar-refractivity contribution in [3.05, 3.63) is 89.5 Å². The van der Waals surface area contributed by atoms with Gasteiger partial charge in [0, 0.05) is 29.4 Å². The SMILES string of the molecule is Nc1ccc(N)c(COC(=O)/C=C/c2ccc(OC(=O)c3ccc(OCCCCC(F)(F)F)cc3)cc2)c1. The van der Waals surface area contributed by atoms with Crippen LogP contribution in [-0.4, -0.2) is 24.7 Å². The zero-order valence-corrected chi connectivity index (χ0v) is 20.4. The molecule has 4 N–H and O–H groups in total. The Hall–Kier alpha value is -4.47. The molecule has 10 heteroatoms. The largest absolute Gasteiger partial charge is 0.494 e. The minimum Gasteiger partial charge on any atom is -0.494 e. The summed E-state index contributed by atoms with van der Waals surface area (Å²) in [6.45, 7) is 0.138. The molecular formula is C28H27F3N2O5. The Balaban J connectivity index is 1.43. The third-order valence-corrected chi connectivity index (χ3v) is 5.25. The van der Waals surface area contributed by atoms with Crippen molar-refractivity contribution in [3.8, 4) is 11.5 Å². The van der Waals surface area contributed by atoms with Crippen LogP contribution in [-0.2, 0) is 16.1 Å². The van der Waals surface area contributed by atoms with Gasteiger partial charge in [0.05, 0.1) is 12.2 Å². The highest BCUT2D eigenvalue weighted by molar-refractivity contribution is 5.91. The van der Waals surface area contributed by atoms with E-state index in [4.69, 9.17) is 25.7 Å². The first kappa shape index (κ1) is 28.1. The van der Waals surface area contributed by atoms with Gasteiger partial charge >= 0.3 is 18.1 Å². The molecule has 0 saturated heterocycles. The molecule has 0 heterocycles. The van der Waals surface area contributed by atoms with Gasteiger partial charge in [-0.25, -0.2) is 9.59 Å². The Morgan fingerprint density at radius 3 is 2.24 bits per heavy atom. The highest BCUT2D eigenvalue weighted by Crippen LogP contribution is 2.23. The van der Waals surface area contributed by atoms with Crippen molar-refractivity contribution >= 4 is 29.4 Å². The van der Waals surface area contributed by atoms with Gasteiger partial charge in [-0.2, -0.15) is 13.2 Å². The molecule has 0 aliphatic heterocycles. The maximum atomic E-state index is 12.4. The standard InChI is InChI=1S/C28H27F3N2O5/c29-28(30,31)15-1-2-16-36-23-11-6-20(7-12-23)27(35)38-24-9-3-19(4-10-24)5-14-26(34)37-18-21-17-22(32)8-13-25(21)33/h3-14,17H,1-2,15-16,18,32-33H2/b14-5+. The third kappa shape index (κ3) is 9.53. The molecule has 0 bridgehead atoms. The second-order valence-electron chi connectivity index (χ2n) is 8.30. The molecule has 0 amide bonds. The summed E-state index contributed by atoms with van der Waals surface area (Å²) in [5.74, 6) is -0.401. The average Bonchev–Trinajstić information content (AvgIpc) is 2.88. The van der Waals surface area contributed by atoms with Gasteiger partial charge in [0.2, 0.25) is 0 Å². The molecule has 3 aromatic rings. The molecule has 3 rings (SSSR count). The van der Waals surface area contributed by atoms with E-state index in [0.717, 1.165) is 0 Å². The van der Waals surface area contributed by atoms with Crippen LogP contribution in [0.4, 0.5) is 24.5 Å². The molecule has 200 valence electrons. The molecule has 0 unspecified atom stereocenters. The summed E-state index contributed by atoms with van der Waals surface area (Å²) in [6, 6.07) is 17.5. The Kier molecular flexibility index (Phi) is 9.75. The van der Waals surface area contributed by atoms with Gasteiger partial charge in [-0.15, -0.1) is 0 Å². The number of hydrogen-bond acceptors (Lipinski definition) is 7. The van der Waals surface area contributed by atoms with E-state index >= 15 is 0 Å². The lowest BCUT2D eigenvalue weighted by Crippen LogP contribution is -2.09. The fourth-order valence-corrected chi connectivity index (χ4v) is 3.23. The number of nitrogens with two attached hydrogens (primary N) is 2. The summed E-state index contributed by atoms with van der Waals surface area (Å²) >= 11 is 0. The monoisotopic (exact) mass is 528 g/mol. The molecule has 0 aliphatic rings. The van der Waals surface area contributed by atoms with Gasteiger partial charge < -0.3 is 25.7 Å². The van der Waals surface area contributed by atoms with Gasteiger partial charge in [-0.3, -0.25) is 0 Å². The normalized spacial score (nSPS) is 11.3. The van der Waals surface area contributed by atoms with E-state index in [9.17, 15) is 22.8 Å². The van der Waals surface area contributed by atoms with Gasteiger partial charge in [0.25, 0.3) is 0 Å². The zero-order chi connectivity index (χ0) is 27.5. The molecular weight excluding hydrogens is 501 g/mol. The summed E-state index contributed by atoms with van der Waals surface area (Å²) in [5, 5.41) is 0. The Labute approximate surface area is 217 Å². The molecule has 0 radical (unpaired) electrons. The maximum Gasteiger partial charge on any atom is 0.389 e. The number of rotatable bonds is 11. The molecule has 38 heavy (non-hydrogen) atoms. The Bertz CT molecular complexity index is 1260. The molecule has 0 atom stereocenters. The predicted molar refractivity (Wildman–Crippen MR) is 137 cm³/mol. The van der Waals surface area contributed by atoms with E-state index in [1.165, 1.54) is 18.2 Å². The van der Waals surface area contributed by atoms with E-state index in [1.807, 2.05) is 0 Å².